The molecule has 5 aromatic rings. The molecule has 0 bridgehead atoms. The molecular weight excluding hydrogens is 877 g/mol. The molecule has 2 atom stereocenters. The van der Waals surface area contributed by atoms with Gasteiger partial charge in [-0.1, -0.05) is 38.1 Å². The monoisotopic (exact) mass is 936 g/mol. The first-order chi connectivity index (χ1) is 32.1. The van der Waals surface area contributed by atoms with E-state index in [1.807, 2.05) is 13.0 Å². The number of fused-ring (bicyclic) bond motifs is 2. The Kier molecular flexibility index (Phi) is 13.0. The summed E-state index contributed by atoms with van der Waals surface area (Å²) in [6, 6.07) is 19.8. The molecule has 356 valence electrons. The third-order valence-electron chi connectivity index (χ3n) is 14.3. The van der Waals surface area contributed by atoms with Gasteiger partial charge in [-0.3, -0.25) is 14.9 Å². The lowest BCUT2D eigenvalue weighted by molar-refractivity contribution is -0.386. The molecule has 9 rings (SSSR count). The summed E-state index contributed by atoms with van der Waals surface area (Å²) in [5.41, 5.74) is 2.87. The Balaban J connectivity index is 0.908. The van der Waals surface area contributed by atoms with Crippen molar-refractivity contribution in [2.24, 2.45) is 11.3 Å². The van der Waals surface area contributed by atoms with Crippen molar-refractivity contribution in [3.05, 3.63) is 106 Å². The number of amides is 1. The van der Waals surface area contributed by atoms with Crippen molar-refractivity contribution in [3.8, 4) is 23.0 Å². The summed E-state index contributed by atoms with van der Waals surface area (Å²) in [6.45, 7) is 11.2. The minimum absolute atomic E-state index is 0.00715. The summed E-state index contributed by atoms with van der Waals surface area (Å²) in [6.07, 6.45) is 9.29. The van der Waals surface area contributed by atoms with Crippen LogP contribution in [0.1, 0.15) is 113 Å². The first-order valence-corrected chi connectivity index (χ1v) is 24.9. The number of carbonyl (C=O) groups is 1. The summed E-state index contributed by atoms with van der Waals surface area (Å²) < 4.78 is 54.3. The number of H-pyrrole nitrogens is 1. The number of nitrogens with zero attached hydrogens (tertiary/aromatic N) is 3. The molecule has 0 unspecified atom stereocenters. The Hall–Kier alpha value is -5.75. The number of aromatic amines is 1. The van der Waals surface area contributed by atoms with E-state index in [1.54, 1.807) is 31.3 Å². The van der Waals surface area contributed by atoms with Crippen LogP contribution >= 0.6 is 0 Å². The molecule has 1 spiro atoms. The number of nitro benzene ring substituents is 1. The van der Waals surface area contributed by atoms with E-state index in [1.165, 1.54) is 23.4 Å². The number of aromatic nitrogens is 2. The second-order valence-corrected chi connectivity index (χ2v) is 21.1. The van der Waals surface area contributed by atoms with Gasteiger partial charge in [-0.25, -0.2) is 18.1 Å². The van der Waals surface area contributed by atoms with Crippen LogP contribution in [0.3, 0.4) is 0 Å². The molecule has 4 aliphatic rings. The van der Waals surface area contributed by atoms with Crippen LogP contribution in [-0.4, -0.2) is 85.0 Å². The number of hydrogen-bond donors (Lipinski definition) is 4. The molecular formula is C50H60N6O10S. The predicted octanol–water partition coefficient (Wildman–Crippen LogP) is 8.70. The average molecular weight is 937 g/mol. The van der Waals surface area contributed by atoms with Crippen LogP contribution in [-0.2, 0) is 14.8 Å². The smallest absolute Gasteiger partial charge is 0.316 e. The van der Waals surface area contributed by atoms with Gasteiger partial charge in [0.05, 0.1) is 39.8 Å². The summed E-state index contributed by atoms with van der Waals surface area (Å²) in [7, 11) is -4.70. The molecule has 16 nitrogen and oxygen atoms in total. The number of benzene rings is 3. The maximum Gasteiger partial charge on any atom is 0.316 e. The van der Waals surface area contributed by atoms with Gasteiger partial charge in [-0.2, -0.15) is 0 Å². The highest BCUT2D eigenvalue weighted by Crippen LogP contribution is 2.51. The first kappa shape index (κ1) is 46.4. The third-order valence-corrected chi connectivity index (χ3v) is 15.6. The number of nitro groups is 1. The van der Waals surface area contributed by atoms with Crippen LogP contribution in [0.15, 0.2) is 84.0 Å². The minimum Gasteiger partial charge on any atom is -0.485 e. The lowest BCUT2D eigenvalue weighted by Gasteiger charge is -2.53. The normalized spacial score (nSPS) is 22.1. The Bertz CT molecular complexity index is 2730. The van der Waals surface area contributed by atoms with Crippen LogP contribution in [0.2, 0.25) is 0 Å². The second kappa shape index (κ2) is 18.7. The van der Waals surface area contributed by atoms with E-state index in [0.29, 0.717) is 62.3 Å². The van der Waals surface area contributed by atoms with Crippen LogP contribution < -0.4 is 29.1 Å². The maximum atomic E-state index is 14.1. The number of sulfonamides is 1. The molecule has 17 heteroatoms. The molecule has 0 radical (unpaired) electrons. The van der Waals surface area contributed by atoms with E-state index in [0.717, 1.165) is 62.0 Å². The van der Waals surface area contributed by atoms with Gasteiger partial charge >= 0.3 is 5.69 Å². The topological polar surface area (TPSA) is 207 Å². The molecule has 2 aliphatic heterocycles. The summed E-state index contributed by atoms with van der Waals surface area (Å²) in [5, 5.41) is 27.5. The van der Waals surface area contributed by atoms with Crippen molar-refractivity contribution in [2.45, 2.75) is 114 Å². The van der Waals surface area contributed by atoms with Crippen molar-refractivity contribution in [1.29, 1.82) is 0 Å². The number of pyridine rings is 1. The summed E-state index contributed by atoms with van der Waals surface area (Å²) >= 11 is 0. The molecule has 1 amide bonds. The fourth-order valence-electron chi connectivity index (χ4n) is 10.5. The highest BCUT2D eigenvalue weighted by atomic mass is 32.2. The van der Waals surface area contributed by atoms with Crippen LogP contribution in [0.5, 0.6) is 23.0 Å². The molecule has 4 N–H and O–H groups in total. The van der Waals surface area contributed by atoms with E-state index in [9.17, 15) is 28.4 Å². The lowest BCUT2D eigenvalue weighted by Crippen LogP contribution is -2.54. The van der Waals surface area contributed by atoms with E-state index in [4.69, 9.17) is 18.9 Å². The summed E-state index contributed by atoms with van der Waals surface area (Å²) in [5.74, 6) is -0.432. The first-order valence-electron chi connectivity index (χ1n) is 23.4. The molecule has 4 heterocycles. The fourth-order valence-corrected chi connectivity index (χ4v) is 11.5. The van der Waals surface area contributed by atoms with E-state index in [2.05, 4.69) is 63.0 Å². The molecule has 1 saturated heterocycles. The van der Waals surface area contributed by atoms with E-state index >= 15 is 0 Å². The Morgan fingerprint density at radius 2 is 1.79 bits per heavy atom. The van der Waals surface area contributed by atoms with Crippen LogP contribution in [0.25, 0.3) is 11.0 Å². The number of piperidine rings is 1. The van der Waals surface area contributed by atoms with Gasteiger partial charge in [0.1, 0.15) is 29.9 Å². The van der Waals surface area contributed by atoms with Crippen LogP contribution in [0, 0.1) is 21.4 Å². The fraction of sp³-hybridized carbons (Fsp3) is 0.480. The maximum absolute atomic E-state index is 14.1. The van der Waals surface area contributed by atoms with Crippen molar-refractivity contribution in [3.63, 3.8) is 0 Å². The molecule has 2 aromatic heterocycles. The molecule has 2 aliphatic carbocycles. The standard InChI is InChI=1S/C50H60N6O10S/c1-5-63-29-41(39-9-7-6-8-38(39)31(2)3)53-34-26-50(27-34)17-20-55(21-18-50)35-10-11-40(43(23-35)65-36-22-33-14-19-51-47(33)52-28-36)48(57)54-67(61,62)37-24-42(56(59)60)46-44(25-37)64-30-45(66-46)32-12-15-49(4,58)16-13-32/h6-11,14,19,22-25,28,31-32,34,41,45,53,58H,5,12-13,15-18,20-21,26-27,29-30H2,1-4H3,(H,51,52)(H,54,57)/t32-,41-,45-,49-/m0/s1. The Morgan fingerprint density at radius 1 is 1.04 bits per heavy atom. The Labute approximate surface area is 390 Å². The molecule has 3 aromatic carbocycles. The number of anilines is 1. The molecule has 2 saturated carbocycles. The molecule has 3 fully saturated rings. The highest BCUT2D eigenvalue weighted by molar-refractivity contribution is 7.90. The van der Waals surface area contributed by atoms with Gasteiger partial charge in [-0.05, 0) is 118 Å². The molecule has 67 heavy (non-hydrogen) atoms. The third kappa shape index (κ3) is 9.96. The zero-order chi connectivity index (χ0) is 47.1. The van der Waals surface area contributed by atoms with Gasteiger partial charge in [0, 0.05) is 61.2 Å². The van der Waals surface area contributed by atoms with Gasteiger partial charge in [-0.15, -0.1) is 0 Å². The van der Waals surface area contributed by atoms with Gasteiger partial charge in [0.2, 0.25) is 5.75 Å². The Morgan fingerprint density at radius 3 is 2.51 bits per heavy atom. The van der Waals surface area contributed by atoms with E-state index in [-0.39, 0.29) is 46.8 Å². The quantitative estimate of drug-likeness (QED) is 0.0573. The van der Waals surface area contributed by atoms with E-state index < -0.39 is 43.1 Å². The number of nitrogens with one attached hydrogen (secondary N) is 3. The number of aliphatic hydroxyl groups is 1. The largest absolute Gasteiger partial charge is 0.485 e. The SMILES string of the molecule is CCOC[C@H](NC1CC2(CCN(c3ccc(C(=O)NS(=O)(=O)c4cc5c(c([N+](=O)[O-])c4)O[C@H]([C@H]4CC[C@](C)(O)CC4)CO5)c(Oc4cnc5[nH]ccc5c4)c3)CC2)C1)c1ccccc1C(C)C. The zero-order valence-corrected chi connectivity index (χ0v) is 39.3. The van der Waals surface area contributed by atoms with Crippen molar-refractivity contribution >= 4 is 38.3 Å². The van der Waals surface area contributed by atoms with Crippen molar-refractivity contribution in [1.82, 2.24) is 20.0 Å². The predicted molar refractivity (Wildman–Crippen MR) is 253 cm³/mol. The summed E-state index contributed by atoms with van der Waals surface area (Å²) in [4.78, 5) is 34.9. The number of hydrogen-bond acceptors (Lipinski definition) is 13. The zero-order valence-electron chi connectivity index (χ0n) is 38.5. The average Bonchev–Trinajstić information content (AvgIpc) is 3.77. The number of ether oxygens (including phenoxy) is 4. The van der Waals surface area contributed by atoms with Gasteiger partial charge < -0.3 is 39.3 Å². The van der Waals surface area contributed by atoms with Crippen LogP contribution in [0.4, 0.5) is 11.4 Å². The second-order valence-electron chi connectivity index (χ2n) is 19.4. The number of rotatable bonds is 15. The van der Waals surface area contributed by atoms with Crippen molar-refractivity contribution in [2.75, 3.05) is 37.8 Å². The number of carbonyl (C=O) groups excluding carboxylic acids is 1. The van der Waals surface area contributed by atoms with Crippen molar-refractivity contribution < 1.29 is 42.2 Å². The lowest BCUT2D eigenvalue weighted by atomic mass is 9.60. The van der Waals surface area contributed by atoms with Gasteiger partial charge in [0.15, 0.2) is 5.75 Å². The highest BCUT2D eigenvalue weighted by Gasteiger charge is 2.47. The van der Waals surface area contributed by atoms with Gasteiger partial charge in [0.25, 0.3) is 15.9 Å². The minimum atomic E-state index is -4.70.